The number of anilines is 3. The zero-order valence-electron chi connectivity index (χ0n) is 17.0. The molecule has 4 rings (SSSR count). The van der Waals surface area contributed by atoms with Crippen molar-refractivity contribution < 1.29 is 22.7 Å². The standard InChI is InChI=1S/C21H20N4O5S2/c1-30-17-6-4-16(5-7-17)25-13-14(12-19(25)26)20(27)23-15-2-8-18(9-3-15)32(28,29)24-21-22-10-11-31-21/h2-11,14H,12-13H2,1H3,(H,22,24)(H,23,27)/t14-/m1/s1. The molecule has 166 valence electrons. The first-order valence-electron chi connectivity index (χ1n) is 9.63. The van der Waals surface area contributed by atoms with Gasteiger partial charge in [-0.05, 0) is 48.5 Å². The Kier molecular flexibility index (Phi) is 6.10. The van der Waals surface area contributed by atoms with Crippen LogP contribution in [0.15, 0.2) is 65.0 Å². The average molecular weight is 473 g/mol. The molecule has 1 aromatic heterocycles. The summed E-state index contributed by atoms with van der Waals surface area (Å²) in [6, 6.07) is 12.9. The molecule has 2 heterocycles. The Hall–Kier alpha value is -3.44. The first kappa shape index (κ1) is 21.8. The van der Waals surface area contributed by atoms with Gasteiger partial charge in [-0.1, -0.05) is 0 Å². The van der Waals surface area contributed by atoms with Crippen molar-refractivity contribution >= 4 is 49.7 Å². The van der Waals surface area contributed by atoms with Crippen molar-refractivity contribution in [2.75, 3.05) is 28.6 Å². The Balaban J connectivity index is 1.39. The van der Waals surface area contributed by atoms with Gasteiger partial charge in [0.1, 0.15) is 5.75 Å². The van der Waals surface area contributed by atoms with E-state index in [2.05, 4.69) is 15.0 Å². The Morgan fingerprint density at radius 2 is 1.88 bits per heavy atom. The summed E-state index contributed by atoms with van der Waals surface area (Å²) < 4.78 is 32.3. The Bertz CT molecular complexity index is 1210. The third kappa shape index (κ3) is 4.73. The second-order valence-corrected chi connectivity index (χ2v) is 9.64. The van der Waals surface area contributed by atoms with E-state index in [1.54, 1.807) is 41.7 Å². The topological polar surface area (TPSA) is 118 Å². The normalized spacial score (nSPS) is 16.1. The molecular weight excluding hydrogens is 452 g/mol. The van der Waals surface area contributed by atoms with E-state index in [1.165, 1.54) is 41.8 Å². The average Bonchev–Trinajstić information content (AvgIpc) is 3.43. The number of thiazole rings is 1. The highest BCUT2D eigenvalue weighted by atomic mass is 32.2. The number of carbonyl (C=O) groups is 2. The van der Waals surface area contributed by atoms with Crippen LogP contribution in [0, 0.1) is 5.92 Å². The fraction of sp³-hybridized carbons (Fsp3) is 0.190. The number of aromatic nitrogens is 1. The lowest BCUT2D eigenvalue weighted by Gasteiger charge is -2.17. The maximum absolute atomic E-state index is 12.7. The van der Waals surface area contributed by atoms with Gasteiger partial charge in [0.15, 0.2) is 5.13 Å². The molecule has 1 atom stereocenters. The number of rotatable bonds is 7. The summed E-state index contributed by atoms with van der Waals surface area (Å²) in [7, 11) is -2.20. The molecule has 1 fully saturated rings. The fourth-order valence-electron chi connectivity index (χ4n) is 3.30. The highest BCUT2D eigenvalue weighted by Crippen LogP contribution is 2.28. The van der Waals surface area contributed by atoms with Crippen LogP contribution in [0.1, 0.15) is 6.42 Å². The number of nitrogens with one attached hydrogen (secondary N) is 2. The van der Waals surface area contributed by atoms with E-state index in [4.69, 9.17) is 4.74 Å². The summed E-state index contributed by atoms with van der Waals surface area (Å²) in [5.74, 6) is -0.266. The highest BCUT2D eigenvalue weighted by molar-refractivity contribution is 7.93. The number of carbonyl (C=O) groups excluding carboxylic acids is 2. The molecule has 2 N–H and O–H groups in total. The van der Waals surface area contributed by atoms with Crippen LogP contribution in [0.3, 0.4) is 0 Å². The number of hydrogen-bond acceptors (Lipinski definition) is 7. The molecule has 1 aliphatic heterocycles. The molecular formula is C21H20N4O5S2. The molecule has 2 aromatic carbocycles. The first-order valence-corrected chi connectivity index (χ1v) is 12.0. The number of ether oxygens (including phenoxy) is 1. The largest absolute Gasteiger partial charge is 0.497 e. The summed E-state index contributed by atoms with van der Waals surface area (Å²) in [5.41, 5.74) is 1.15. The maximum Gasteiger partial charge on any atom is 0.263 e. The van der Waals surface area contributed by atoms with Gasteiger partial charge in [0.05, 0.1) is 17.9 Å². The third-order valence-electron chi connectivity index (χ3n) is 4.97. The molecule has 1 saturated heterocycles. The summed E-state index contributed by atoms with van der Waals surface area (Å²) >= 11 is 1.17. The second-order valence-electron chi connectivity index (χ2n) is 7.06. The minimum absolute atomic E-state index is 0.0485. The molecule has 11 heteroatoms. The number of amides is 2. The van der Waals surface area contributed by atoms with Gasteiger partial charge < -0.3 is 15.0 Å². The molecule has 32 heavy (non-hydrogen) atoms. The molecule has 3 aromatic rings. The van der Waals surface area contributed by atoms with Gasteiger partial charge in [0.25, 0.3) is 10.0 Å². The zero-order chi connectivity index (χ0) is 22.7. The van der Waals surface area contributed by atoms with Gasteiger partial charge >= 0.3 is 0 Å². The SMILES string of the molecule is COc1ccc(N2C[C@H](C(=O)Nc3ccc(S(=O)(=O)Nc4nccs4)cc3)CC2=O)cc1. The van der Waals surface area contributed by atoms with Crippen LogP contribution in [0.2, 0.25) is 0 Å². The van der Waals surface area contributed by atoms with Crippen LogP contribution >= 0.6 is 11.3 Å². The van der Waals surface area contributed by atoms with Gasteiger partial charge in [-0.15, -0.1) is 11.3 Å². The molecule has 1 aliphatic rings. The monoisotopic (exact) mass is 472 g/mol. The first-order chi connectivity index (χ1) is 15.4. The van der Waals surface area contributed by atoms with Crippen LogP contribution in [0.4, 0.5) is 16.5 Å². The van der Waals surface area contributed by atoms with E-state index in [0.717, 1.165) is 0 Å². The molecule has 0 unspecified atom stereocenters. The van der Waals surface area contributed by atoms with E-state index in [9.17, 15) is 18.0 Å². The van der Waals surface area contributed by atoms with Crippen molar-refractivity contribution in [3.8, 4) is 5.75 Å². The van der Waals surface area contributed by atoms with Crippen molar-refractivity contribution in [1.29, 1.82) is 0 Å². The quantitative estimate of drug-likeness (QED) is 0.546. The van der Waals surface area contributed by atoms with Crippen LogP contribution in [0.25, 0.3) is 0 Å². The Labute approximate surface area is 189 Å². The van der Waals surface area contributed by atoms with Crippen molar-refractivity contribution in [2.45, 2.75) is 11.3 Å². The minimum Gasteiger partial charge on any atom is -0.497 e. The van der Waals surface area contributed by atoms with Gasteiger partial charge in [-0.3, -0.25) is 14.3 Å². The summed E-state index contributed by atoms with van der Waals surface area (Å²) in [5, 5.41) is 4.70. The van der Waals surface area contributed by atoms with E-state index in [1.807, 2.05) is 0 Å². The predicted molar refractivity (Wildman–Crippen MR) is 121 cm³/mol. The molecule has 0 bridgehead atoms. The zero-order valence-corrected chi connectivity index (χ0v) is 18.7. The fourth-order valence-corrected chi connectivity index (χ4v) is 5.09. The molecule has 2 amide bonds. The van der Waals surface area contributed by atoms with Gasteiger partial charge in [-0.2, -0.15) is 0 Å². The lowest BCUT2D eigenvalue weighted by Crippen LogP contribution is -2.28. The third-order valence-corrected chi connectivity index (χ3v) is 7.14. The van der Waals surface area contributed by atoms with Crippen LogP contribution in [0.5, 0.6) is 5.75 Å². The van der Waals surface area contributed by atoms with E-state index in [0.29, 0.717) is 17.1 Å². The molecule has 0 saturated carbocycles. The van der Waals surface area contributed by atoms with Gasteiger partial charge in [0.2, 0.25) is 11.8 Å². The minimum atomic E-state index is -3.77. The smallest absolute Gasteiger partial charge is 0.263 e. The Morgan fingerprint density at radius 1 is 1.16 bits per heavy atom. The molecule has 9 nitrogen and oxygen atoms in total. The second kappa shape index (κ2) is 8.97. The van der Waals surface area contributed by atoms with Crippen LogP contribution < -0.4 is 19.7 Å². The highest BCUT2D eigenvalue weighted by Gasteiger charge is 2.35. The van der Waals surface area contributed by atoms with Crippen molar-refractivity contribution in [1.82, 2.24) is 4.98 Å². The van der Waals surface area contributed by atoms with Crippen LogP contribution in [-0.4, -0.2) is 38.9 Å². The number of nitrogens with zero attached hydrogens (tertiary/aromatic N) is 2. The molecule has 0 spiro atoms. The van der Waals surface area contributed by atoms with E-state index in [-0.39, 0.29) is 34.8 Å². The maximum atomic E-state index is 12.7. The summed E-state index contributed by atoms with van der Waals surface area (Å²) in [6.45, 7) is 0.265. The van der Waals surface area contributed by atoms with E-state index < -0.39 is 15.9 Å². The lowest BCUT2D eigenvalue weighted by atomic mass is 10.1. The van der Waals surface area contributed by atoms with Crippen molar-refractivity contribution in [3.05, 3.63) is 60.1 Å². The molecule has 0 aliphatic carbocycles. The Morgan fingerprint density at radius 3 is 2.50 bits per heavy atom. The van der Waals surface area contributed by atoms with Gasteiger partial charge in [0, 0.05) is 35.9 Å². The van der Waals surface area contributed by atoms with Crippen molar-refractivity contribution in [2.24, 2.45) is 5.92 Å². The summed E-state index contributed by atoms with van der Waals surface area (Å²) in [6.07, 6.45) is 1.60. The van der Waals surface area contributed by atoms with Gasteiger partial charge in [-0.25, -0.2) is 13.4 Å². The molecule has 0 radical (unpaired) electrons. The van der Waals surface area contributed by atoms with Crippen molar-refractivity contribution in [3.63, 3.8) is 0 Å². The number of hydrogen-bond donors (Lipinski definition) is 2. The van der Waals surface area contributed by atoms with Crippen LogP contribution in [-0.2, 0) is 19.6 Å². The number of methoxy groups -OCH3 is 1. The number of sulfonamides is 1. The summed E-state index contributed by atoms with van der Waals surface area (Å²) in [4.78, 5) is 30.6. The number of benzene rings is 2. The lowest BCUT2D eigenvalue weighted by molar-refractivity contribution is -0.122. The predicted octanol–water partition coefficient (Wildman–Crippen LogP) is 2.94. The van der Waals surface area contributed by atoms with E-state index >= 15 is 0 Å².